The van der Waals surface area contributed by atoms with Gasteiger partial charge in [-0.05, 0) is 26.7 Å². The van der Waals surface area contributed by atoms with Crippen LogP contribution in [0.1, 0.15) is 41.5 Å². The molecule has 0 amide bonds. The zero-order valence-electron chi connectivity index (χ0n) is 11.3. The maximum Gasteiger partial charge on any atom is 0.350 e. The Morgan fingerprint density at radius 2 is 1.53 bits per heavy atom. The van der Waals surface area contributed by atoms with Crippen molar-refractivity contribution in [3.05, 3.63) is 0 Å². The van der Waals surface area contributed by atoms with E-state index in [0.29, 0.717) is 0 Å². The third kappa shape index (κ3) is 3.70. The summed E-state index contributed by atoms with van der Waals surface area (Å²) in [6, 6.07) is 0. The Hall–Kier alpha value is -1.10. The Balaban J connectivity index is 5.23. The Labute approximate surface area is 102 Å². The van der Waals surface area contributed by atoms with E-state index in [0.717, 1.165) is 0 Å². The molecule has 2 N–H and O–H groups in total. The number of hydrogen-bond donors (Lipinski definition) is 2. The predicted octanol–water partition coefficient (Wildman–Crippen LogP) is 1.44. The van der Waals surface area contributed by atoms with Crippen LogP contribution in [0.2, 0.25) is 0 Å². The standard InChI is InChI=1S/C12H22O5/c1-7(2)8(3)12(16,9(13)14)10(15)17-11(4,5)6/h7-8,16H,1-6H3,(H,13,14)/t8?,12-/m0/s1. The van der Waals surface area contributed by atoms with Gasteiger partial charge in [-0.15, -0.1) is 0 Å². The molecule has 0 rings (SSSR count). The van der Waals surface area contributed by atoms with Gasteiger partial charge in [-0.2, -0.15) is 0 Å². The van der Waals surface area contributed by atoms with Crippen LogP contribution >= 0.6 is 0 Å². The molecule has 0 aromatic carbocycles. The normalized spacial score (nSPS) is 17.4. The van der Waals surface area contributed by atoms with E-state index in [9.17, 15) is 14.7 Å². The predicted molar refractivity (Wildman–Crippen MR) is 62.4 cm³/mol. The van der Waals surface area contributed by atoms with Crippen molar-refractivity contribution in [2.45, 2.75) is 52.7 Å². The van der Waals surface area contributed by atoms with Crippen molar-refractivity contribution in [2.24, 2.45) is 11.8 Å². The second-order valence-electron chi connectivity index (χ2n) is 5.61. The van der Waals surface area contributed by atoms with Gasteiger partial charge in [0.2, 0.25) is 0 Å². The second-order valence-corrected chi connectivity index (χ2v) is 5.61. The topological polar surface area (TPSA) is 83.8 Å². The highest BCUT2D eigenvalue weighted by atomic mass is 16.6. The lowest BCUT2D eigenvalue weighted by molar-refractivity contribution is -0.195. The van der Waals surface area contributed by atoms with Gasteiger partial charge in [0.15, 0.2) is 0 Å². The molecule has 0 aliphatic carbocycles. The fraction of sp³-hybridized carbons (Fsp3) is 0.833. The average molecular weight is 246 g/mol. The van der Waals surface area contributed by atoms with Crippen LogP contribution in [0.3, 0.4) is 0 Å². The lowest BCUT2D eigenvalue weighted by Crippen LogP contribution is -2.55. The highest BCUT2D eigenvalue weighted by Gasteiger charge is 2.52. The maximum atomic E-state index is 11.8. The van der Waals surface area contributed by atoms with E-state index in [1.165, 1.54) is 6.92 Å². The SMILES string of the molecule is CC(C)C(C)[C@](O)(C(=O)O)C(=O)OC(C)(C)C. The first-order chi connectivity index (χ1) is 7.43. The fourth-order valence-corrected chi connectivity index (χ4v) is 1.31. The van der Waals surface area contributed by atoms with Gasteiger partial charge in [0.05, 0.1) is 0 Å². The van der Waals surface area contributed by atoms with Crippen LogP contribution in [0.25, 0.3) is 0 Å². The van der Waals surface area contributed by atoms with Crippen molar-refractivity contribution in [1.82, 2.24) is 0 Å². The van der Waals surface area contributed by atoms with Gasteiger partial charge in [0, 0.05) is 5.92 Å². The number of carbonyl (C=O) groups excluding carboxylic acids is 1. The number of rotatable bonds is 4. The molecule has 0 saturated heterocycles. The fourth-order valence-electron chi connectivity index (χ4n) is 1.31. The van der Waals surface area contributed by atoms with Crippen LogP contribution in [-0.2, 0) is 14.3 Å². The molecular weight excluding hydrogens is 224 g/mol. The Morgan fingerprint density at radius 3 is 1.76 bits per heavy atom. The van der Waals surface area contributed by atoms with Crippen molar-refractivity contribution in [3.63, 3.8) is 0 Å². The van der Waals surface area contributed by atoms with Crippen LogP contribution in [0.15, 0.2) is 0 Å². The molecule has 100 valence electrons. The minimum absolute atomic E-state index is 0.163. The summed E-state index contributed by atoms with van der Waals surface area (Å²) in [5.74, 6) is -3.59. The Kier molecular flexibility index (Phi) is 4.71. The monoisotopic (exact) mass is 246 g/mol. The molecule has 5 nitrogen and oxygen atoms in total. The molecule has 0 fully saturated rings. The summed E-state index contributed by atoms with van der Waals surface area (Å²) >= 11 is 0. The maximum absolute atomic E-state index is 11.8. The average Bonchev–Trinajstić information content (AvgIpc) is 2.11. The van der Waals surface area contributed by atoms with Crippen LogP contribution in [0.5, 0.6) is 0 Å². The van der Waals surface area contributed by atoms with Gasteiger partial charge in [-0.1, -0.05) is 20.8 Å². The third-order valence-electron chi connectivity index (χ3n) is 2.70. The lowest BCUT2D eigenvalue weighted by atomic mass is 9.81. The van der Waals surface area contributed by atoms with Crippen LogP contribution in [-0.4, -0.2) is 33.4 Å². The zero-order valence-corrected chi connectivity index (χ0v) is 11.3. The van der Waals surface area contributed by atoms with Gasteiger partial charge in [-0.3, -0.25) is 0 Å². The smallest absolute Gasteiger partial charge is 0.350 e. The molecule has 1 unspecified atom stereocenters. The van der Waals surface area contributed by atoms with E-state index in [-0.39, 0.29) is 5.92 Å². The largest absolute Gasteiger partial charge is 0.479 e. The number of carboxylic acids is 1. The van der Waals surface area contributed by atoms with Crippen LogP contribution < -0.4 is 0 Å². The quantitative estimate of drug-likeness (QED) is 0.579. The molecule has 0 saturated carbocycles. The second kappa shape index (κ2) is 5.04. The van der Waals surface area contributed by atoms with Crippen molar-refractivity contribution in [1.29, 1.82) is 0 Å². The first-order valence-electron chi connectivity index (χ1n) is 5.62. The minimum Gasteiger partial charge on any atom is -0.479 e. The number of aliphatic hydroxyl groups is 1. The summed E-state index contributed by atoms with van der Waals surface area (Å²) in [6.45, 7) is 9.85. The van der Waals surface area contributed by atoms with Crippen LogP contribution in [0.4, 0.5) is 0 Å². The Morgan fingerprint density at radius 1 is 1.12 bits per heavy atom. The molecule has 5 heteroatoms. The number of aliphatic carboxylic acids is 1. The molecule has 2 atom stereocenters. The van der Waals surface area contributed by atoms with Crippen molar-refractivity contribution in [3.8, 4) is 0 Å². The number of carbonyl (C=O) groups is 2. The zero-order chi connectivity index (χ0) is 14.0. The van der Waals surface area contributed by atoms with E-state index in [1.54, 1.807) is 34.6 Å². The van der Waals surface area contributed by atoms with Crippen molar-refractivity contribution in [2.75, 3.05) is 0 Å². The summed E-state index contributed by atoms with van der Waals surface area (Å²) in [5, 5.41) is 19.2. The number of esters is 1. The first-order valence-corrected chi connectivity index (χ1v) is 5.62. The van der Waals surface area contributed by atoms with Gasteiger partial charge in [0.1, 0.15) is 5.60 Å². The van der Waals surface area contributed by atoms with Gasteiger partial charge < -0.3 is 14.9 Å². The number of ether oxygens (including phenoxy) is 1. The van der Waals surface area contributed by atoms with Gasteiger partial charge >= 0.3 is 11.9 Å². The van der Waals surface area contributed by atoms with E-state index in [2.05, 4.69) is 0 Å². The minimum atomic E-state index is -2.50. The molecule has 0 aliphatic heterocycles. The van der Waals surface area contributed by atoms with E-state index in [1.807, 2.05) is 0 Å². The molecule has 0 spiro atoms. The number of hydrogen-bond acceptors (Lipinski definition) is 4. The lowest BCUT2D eigenvalue weighted by Gasteiger charge is -2.33. The van der Waals surface area contributed by atoms with Gasteiger partial charge in [0.25, 0.3) is 5.60 Å². The summed E-state index contributed by atoms with van der Waals surface area (Å²) in [5.41, 5.74) is -3.33. The molecule has 0 bridgehead atoms. The molecule has 17 heavy (non-hydrogen) atoms. The van der Waals surface area contributed by atoms with Crippen molar-refractivity contribution >= 4 is 11.9 Å². The molecule has 0 aliphatic rings. The van der Waals surface area contributed by atoms with Crippen LogP contribution in [0, 0.1) is 11.8 Å². The number of carboxylic acid groups (broad SMARTS) is 1. The van der Waals surface area contributed by atoms with E-state index >= 15 is 0 Å². The molecule has 0 aromatic heterocycles. The molecule has 0 radical (unpaired) electrons. The third-order valence-corrected chi connectivity index (χ3v) is 2.70. The van der Waals surface area contributed by atoms with Gasteiger partial charge in [-0.25, -0.2) is 9.59 Å². The summed E-state index contributed by atoms with van der Waals surface area (Å²) in [4.78, 5) is 23.0. The Bertz CT molecular complexity index is 303. The molecule has 0 aromatic rings. The first kappa shape index (κ1) is 15.9. The van der Waals surface area contributed by atoms with E-state index in [4.69, 9.17) is 9.84 Å². The highest BCUT2D eigenvalue weighted by molar-refractivity contribution is 6.02. The summed E-state index contributed by atoms with van der Waals surface area (Å²) in [7, 11) is 0. The summed E-state index contributed by atoms with van der Waals surface area (Å²) in [6.07, 6.45) is 0. The molecule has 0 heterocycles. The van der Waals surface area contributed by atoms with E-state index < -0.39 is 29.1 Å². The van der Waals surface area contributed by atoms with Crippen molar-refractivity contribution < 1.29 is 24.5 Å². The summed E-state index contributed by atoms with van der Waals surface area (Å²) < 4.78 is 4.97. The highest BCUT2D eigenvalue weighted by Crippen LogP contribution is 2.28. The molecular formula is C12H22O5.